The number of isocyanates is 2. The predicted molar refractivity (Wildman–Crippen MR) is 62.8 cm³/mol. The van der Waals surface area contributed by atoms with Gasteiger partial charge in [0.25, 0.3) is 0 Å². The zero-order valence-corrected chi connectivity index (χ0v) is 10.5. The lowest BCUT2D eigenvalue weighted by Gasteiger charge is -2.37. The van der Waals surface area contributed by atoms with Gasteiger partial charge in [0.1, 0.15) is 0 Å². The van der Waals surface area contributed by atoms with Crippen LogP contribution in [0.4, 0.5) is 0 Å². The third-order valence-electron chi connectivity index (χ3n) is 3.37. The van der Waals surface area contributed by atoms with E-state index in [2.05, 4.69) is 23.8 Å². The Bertz CT molecular complexity index is 309. The van der Waals surface area contributed by atoms with Crippen molar-refractivity contribution in [1.29, 1.82) is 0 Å². The number of hydrogen-bond acceptors (Lipinski definition) is 4. The molecule has 0 aliphatic rings. The Kier molecular flexibility index (Phi) is 5.87. The van der Waals surface area contributed by atoms with Gasteiger partial charge < -0.3 is 0 Å². The van der Waals surface area contributed by atoms with Crippen LogP contribution in [0.3, 0.4) is 0 Å². The summed E-state index contributed by atoms with van der Waals surface area (Å²) in [4.78, 5) is 27.5. The topological polar surface area (TPSA) is 58.9 Å². The molecule has 16 heavy (non-hydrogen) atoms. The van der Waals surface area contributed by atoms with E-state index in [0.29, 0.717) is 6.54 Å². The summed E-state index contributed by atoms with van der Waals surface area (Å²) in [5.74, 6) is 0. The van der Waals surface area contributed by atoms with E-state index in [1.165, 1.54) is 6.08 Å². The molecule has 0 fully saturated rings. The molecule has 0 unspecified atom stereocenters. The van der Waals surface area contributed by atoms with Gasteiger partial charge in [0.05, 0.1) is 12.1 Å². The Balaban J connectivity index is 4.23. The summed E-state index contributed by atoms with van der Waals surface area (Å²) in [5.41, 5.74) is -0.488. The first-order valence-electron chi connectivity index (χ1n) is 5.50. The maximum atomic E-state index is 10.3. The molecule has 0 heterocycles. The molecule has 0 aliphatic heterocycles. The molecule has 0 spiro atoms. The monoisotopic (exact) mass is 224 g/mol. The lowest BCUT2D eigenvalue weighted by molar-refractivity contribution is 0.182. The Labute approximate surface area is 96.9 Å². The van der Waals surface area contributed by atoms with E-state index < -0.39 is 5.54 Å². The lowest BCUT2D eigenvalue weighted by Crippen LogP contribution is -2.37. The molecule has 4 heteroatoms. The van der Waals surface area contributed by atoms with E-state index in [1.54, 1.807) is 6.08 Å². The minimum absolute atomic E-state index is 0.0741. The largest absolute Gasteiger partial charge is 0.235 e. The van der Waals surface area contributed by atoms with Crippen LogP contribution >= 0.6 is 0 Å². The van der Waals surface area contributed by atoms with Gasteiger partial charge in [-0.1, -0.05) is 20.3 Å². The van der Waals surface area contributed by atoms with Gasteiger partial charge >= 0.3 is 0 Å². The number of carbonyl (C=O) groups excluding carboxylic acids is 2. The summed E-state index contributed by atoms with van der Waals surface area (Å²) in [6, 6.07) is 0. The normalized spacial score (nSPS) is 11.5. The summed E-state index contributed by atoms with van der Waals surface area (Å²) >= 11 is 0. The molecule has 0 rings (SSSR count). The maximum Gasteiger partial charge on any atom is 0.235 e. The molecule has 0 radical (unpaired) electrons. The van der Waals surface area contributed by atoms with Crippen LogP contribution in [-0.2, 0) is 9.59 Å². The SMILES string of the molecule is CC(C)(CCCCN=C=O)C(C)(C)N=C=O. The van der Waals surface area contributed by atoms with Crippen LogP contribution in [-0.4, -0.2) is 24.2 Å². The summed E-state index contributed by atoms with van der Waals surface area (Å²) in [6.07, 6.45) is 5.90. The molecule has 90 valence electrons. The number of hydrogen-bond donors (Lipinski definition) is 0. The first-order valence-corrected chi connectivity index (χ1v) is 5.50. The van der Waals surface area contributed by atoms with Crippen molar-refractivity contribution in [3.63, 3.8) is 0 Å². The molecule has 0 saturated heterocycles. The summed E-state index contributed by atoms with van der Waals surface area (Å²) in [5, 5.41) is 0. The number of unbranched alkanes of at least 4 members (excludes halogenated alkanes) is 1. The van der Waals surface area contributed by atoms with Gasteiger partial charge in [-0.15, -0.1) is 0 Å². The number of nitrogens with zero attached hydrogens (tertiary/aromatic N) is 2. The van der Waals surface area contributed by atoms with Crippen LogP contribution in [0.25, 0.3) is 0 Å². The van der Waals surface area contributed by atoms with Gasteiger partial charge in [0.2, 0.25) is 12.2 Å². The van der Waals surface area contributed by atoms with Crippen molar-refractivity contribution in [2.45, 2.75) is 52.5 Å². The smallest absolute Gasteiger partial charge is 0.211 e. The van der Waals surface area contributed by atoms with Crippen molar-refractivity contribution in [3.8, 4) is 0 Å². The van der Waals surface area contributed by atoms with Crippen LogP contribution < -0.4 is 0 Å². The minimum atomic E-state index is -0.414. The zero-order valence-electron chi connectivity index (χ0n) is 10.5. The first kappa shape index (κ1) is 14.8. The third kappa shape index (κ3) is 4.52. The van der Waals surface area contributed by atoms with Gasteiger partial charge in [-0.05, 0) is 32.1 Å². The highest BCUT2D eigenvalue weighted by molar-refractivity contribution is 5.35. The second kappa shape index (κ2) is 6.37. The van der Waals surface area contributed by atoms with E-state index in [4.69, 9.17) is 0 Å². The highest BCUT2D eigenvalue weighted by Gasteiger charge is 2.36. The number of rotatable bonds is 7. The van der Waals surface area contributed by atoms with Gasteiger partial charge in [-0.3, -0.25) is 0 Å². The lowest BCUT2D eigenvalue weighted by atomic mass is 9.72. The van der Waals surface area contributed by atoms with Crippen molar-refractivity contribution >= 4 is 12.2 Å². The first-order chi connectivity index (χ1) is 7.37. The van der Waals surface area contributed by atoms with Crippen molar-refractivity contribution < 1.29 is 9.59 Å². The molecule has 0 aromatic rings. The molecule has 0 saturated carbocycles. The molecular formula is C12H20N2O2. The van der Waals surface area contributed by atoms with E-state index >= 15 is 0 Å². The van der Waals surface area contributed by atoms with Gasteiger partial charge in [0, 0.05) is 0 Å². The second-order valence-corrected chi connectivity index (χ2v) is 5.08. The van der Waals surface area contributed by atoms with Crippen molar-refractivity contribution in [2.75, 3.05) is 6.54 Å². The molecule has 0 aromatic heterocycles. The van der Waals surface area contributed by atoms with E-state index in [9.17, 15) is 9.59 Å². The van der Waals surface area contributed by atoms with Crippen LogP contribution in [0.1, 0.15) is 47.0 Å². The standard InChI is InChI=1S/C12H20N2O2/c1-11(2,12(3,4)14-10-16)7-5-6-8-13-9-15/h5-8H2,1-4H3. The van der Waals surface area contributed by atoms with E-state index in [-0.39, 0.29) is 5.41 Å². The summed E-state index contributed by atoms with van der Waals surface area (Å²) in [6.45, 7) is 8.55. The average molecular weight is 224 g/mol. The maximum absolute atomic E-state index is 10.3. The quantitative estimate of drug-likeness (QED) is 0.379. The number of aliphatic imine (C=N–C) groups is 2. The fraction of sp³-hybridized carbons (Fsp3) is 0.833. The van der Waals surface area contributed by atoms with Crippen molar-refractivity contribution in [3.05, 3.63) is 0 Å². The zero-order chi connectivity index (χ0) is 12.7. The third-order valence-corrected chi connectivity index (χ3v) is 3.37. The predicted octanol–water partition coefficient (Wildman–Crippen LogP) is 2.63. The summed E-state index contributed by atoms with van der Waals surface area (Å²) in [7, 11) is 0. The van der Waals surface area contributed by atoms with Crippen LogP contribution in [0.5, 0.6) is 0 Å². The molecule has 4 nitrogen and oxygen atoms in total. The highest BCUT2D eigenvalue weighted by Crippen LogP contribution is 2.38. The molecule has 0 aromatic carbocycles. The van der Waals surface area contributed by atoms with Crippen molar-refractivity contribution in [1.82, 2.24) is 0 Å². The average Bonchev–Trinajstić information content (AvgIpc) is 2.17. The van der Waals surface area contributed by atoms with E-state index in [1.807, 2.05) is 13.8 Å². The molecule has 0 N–H and O–H groups in total. The Hall–Kier alpha value is -1.24. The van der Waals surface area contributed by atoms with Gasteiger partial charge in [0.15, 0.2) is 0 Å². The van der Waals surface area contributed by atoms with Crippen LogP contribution in [0.2, 0.25) is 0 Å². The molecule has 0 bridgehead atoms. The molecular weight excluding hydrogens is 204 g/mol. The molecule has 0 amide bonds. The van der Waals surface area contributed by atoms with Crippen molar-refractivity contribution in [2.24, 2.45) is 15.4 Å². The fourth-order valence-electron chi connectivity index (χ4n) is 1.37. The van der Waals surface area contributed by atoms with Gasteiger partial charge in [-0.25, -0.2) is 14.6 Å². The van der Waals surface area contributed by atoms with Crippen LogP contribution in [0, 0.1) is 5.41 Å². The van der Waals surface area contributed by atoms with Gasteiger partial charge in [-0.2, -0.15) is 4.99 Å². The second-order valence-electron chi connectivity index (χ2n) is 5.08. The minimum Gasteiger partial charge on any atom is -0.211 e. The fourth-order valence-corrected chi connectivity index (χ4v) is 1.37. The highest BCUT2D eigenvalue weighted by atomic mass is 16.1. The summed E-state index contributed by atoms with van der Waals surface area (Å²) < 4.78 is 0. The Morgan fingerprint density at radius 2 is 1.62 bits per heavy atom. The molecule has 0 aliphatic carbocycles. The van der Waals surface area contributed by atoms with Crippen LogP contribution in [0.15, 0.2) is 9.98 Å². The molecule has 0 atom stereocenters. The Morgan fingerprint density at radius 1 is 1.00 bits per heavy atom. The Morgan fingerprint density at radius 3 is 2.12 bits per heavy atom. The van der Waals surface area contributed by atoms with E-state index in [0.717, 1.165) is 19.3 Å².